The SMILES string of the molecule is NC(=NO)c1c(F)cccc1Oc1ccccc1Br. The van der Waals surface area contributed by atoms with E-state index < -0.39 is 5.82 Å². The van der Waals surface area contributed by atoms with E-state index in [1.54, 1.807) is 18.2 Å². The van der Waals surface area contributed by atoms with E-state index in [0.717, 1.165) is 0 Å². The Labute approximate surface area is 117 Å². The van der Waals surface area contributed by atoms with Gasteiger partial charge in [0, 0.05) is 0 Å². The number of hydrogen-bond acceptors (Lipinski definition) is 3. The van der Waals surface area contributed by atoms with Gasteiger partial charge in [0.05, 0.1) is 10.0 Å². The van der Waals surface area contributed by atoms with Gasteiger partial charge in [0.2, 0.25) is 0 Å². The van der Waals surface area contributed by atoms with Gasteiger partial charge in [-0.15, -0.1) is 0 Å². The average molecular weight is 325 g/mol. The highest BCUT2D eigenvalue weighted by molar-refractivity contribution is 9.10. The summed E-state index contributed by atoms with van der Waals surface area (Å²) in [6.07, 6.45) is 0. The number of nitrogens with zero attached hydrogens (tertiary/aromatic N) is 1. The van der Waals surface area contributed by atoms with Gasteiger partial charge in [0.25, 0.3) is 0 Å². The molecule has 3 N–H and O–H groups in total. The van der Waals surface area contributed by atoms with E-state index in [-0.39, 0.29) is 17.1 Å². The van der Waals surface area contributed by atoms with E-state index >= 15 is 0 Å². The maximum Gasteiger partial charge on any atom is 0.176 e. The minimum atomic E-state index is -0.625. The van der Waals surface area contributed by atoms with Crippen LogP contribution in [0.3, 0.4) is 0 Å². The molecule has 0 amide bonds. The predicted molar refractivity (Wildman–Crippen MR) is 73.1 cm³/mol. The average Bonchev–Trinajstić information content (AvgIpc) is 2.41. The zero-order valence-corrected chi connectivity index (χ0v) is 11.3. The molecule has 0 heterocycles. The number of benzene rings is 2. The second kappa shape index (κ2) is 5.71. The van der Waals surface area contributed by atoms with Crippen molar-refractivity contribution in [3.05, 3.63) is 58.3 Å². The van der Waals surface area contributed by atoms with Crippen molar-refractivity contribution in [3.8, 4) is 11.5 Å². The van der Waals surface area contributed by atoms with Gasteiger partial charge in [0.1, 0.15) is 17.3 Å². The van der Waals surface area contributed by atoms with Crippen molar-refractivity contribution in [1.82, 2.24) is 0 Å². The van der Waals surface area contributed by atoms with Crippen molar-refractivity contribution in [1.29, 1.82) is 0 Å². The molecule has 98 valence electrons. The monoisotopic (exact) mass is 324 g/mol. The summed E-state index contributed by atoms with van der Waals surface area (Å²) in [5.74, 6) is -0.303. The van der Waals surface area contributed by atoms with Crippen LogP contribution in [0.2, 0.25) is 0 Å². The van der Waals surface area contributed by atoms with Crippen molar-refractivity contribution in [2.75, 3.05) is 0 Å². The standard InChI is InChI=1S/C13H10BrFN2O2/c14-8-4-1-2-6-10(8)19-11-7-3-5-9(15)12(11)13(16)17-18/h1-7,18H,(H2,16,17). The topological polar surface area (TPSA) is 67.8 Å². The van der Waals surface area contributed by atoms with Gasteiger partial charge in [-0.1, -0.05) is 23.4 Å². The van der Waals surface area contributed by atoms with Crippen LogP contribution in [0.1, 0.15) is 5.56 Å². The van der Waals surface area contributed by atoms with Crippen LogP contribution in [0.25, 0.3) is 0 Å². The molecule has 2 aromatic rings. The van der Waals surface area contributed by atoms with Crippen LogP contribution >= 0.6 is 15.9 Å². The summed E-state index contributed by atoms with van der Waals surface area (Å²) in [4.78, 5) is 0. The van der Waals surface area contributed by atoms with Crippen molar-refractivity contribution in [2.45, 2.75) is 0 Å². The Hall–Kier alpha value is -2.08. The Kier molecular flexibility index (Phi) is 4.01. The Morgan fingerprint density at radius 3 is 2.53 bits per heavy atom. The Bertz CT molecular complexity index is 632. The van der Waals surface area contributed by atoms with Gasteiger partial charge in [-0.3, -0.25) is 0 Å². The van der Waals surface area contributed by atoms with Crippen molar-refractivity contribution < 1.29 is 14.3 Å². The number of halogens is 2. The van der Waals surface area contributed by atoms with Crippen LogP contribution in [0.4, 0.5) is 4.39 Å². The first-order valence-corrected chi connectivity index (χ1v) is 6.11. The molecular formula is C13H10BrFN2O2. The molecule has 0 fully saturated rings. The highest BCUT2D eigenvalue weighted by Gasteiger charge is 2.15. The molecule has 6 heteroatoms. The summed E-state index contributed by atoms with van der Waals surface area (Å²) in [5, 5.41) is 11.5. The Morgan fingerprint density at radius 1 is 1.16 bits per heavy atom. The van der Waals surface area contributed by atoms with Crippen molar-refractivity contribution in [2.24, 2.45) is 10.9 Å². The van der Waals surface area contributed by atoms with E-state index in [9.17, 15) is 4.39 Å². The molecule has 0 aromatic heterocycles. The van der Waals surface area contributed by atoms with E-state index in [1.165, 1.54) is 18.2 Å². The van der Waals surface area contributed by atoms with Crippen LogP contribution in [0.5, 0.6) is 11.5 Å². The zero-order valence-electron chi connectivity index (χ0n) is 9.68. The first-order chi connectivity index (χ1) is 9.13. The lowest BCUT2D eigenvalue weighted by Gasteiger charge is -2.11. The molecule has 0 saturated carbocycles. The molecule has 0 saturated heterocycles. The molecule has 0 spiro atoms. The third-order valence-corrected chi connectivity index (χ3v) is 3.05. The molecule has 0 unspecified atom stereocenters. The molecule has 0 bridgehead atoms. The summed E-state index contributed by atoms with van der Waals surface area (Å²) in [6.45, 7) is 0. The van der Waals surface area contributed by atoms with Gasteiger partial charge in [-0.25, -0.2) is 4.39 Å². The number of para-hydroxylation sites is 1. The van der Waals surface area contributed by atoms with E-state index in [4.69, 9.17) is 15.7 Å². The van der Waals surface area contributed by atoms with Crippen LogP contribution in [0.15, 0.2) is 52.1 Å². The summed E-state index contributed by atoms with van der Waals surface area (Å²) in [6, 6.07) is 11.3. The molecule has 0 aliphatic carbocycles. The number of oxime groups is 1. The molecule has 19 heavy (non-hydrogen) atoms. The number of amidine groups is 1. The fourth-order valence-corrected chi connectivity index (χ4v) is 1.90. The normalized spacial score (nSPS) is 11.4. The first kappa shape index (κ1) is 13.4. The lowest BCUT2D eigenvalue weighted by Crippen LogP contribution is -2.16. The van der Waals surface area contributed by atoms with Gasteiger partial charge in [-0.2, -0.15) is 0 Å². The third kappa shape index (κ3) is 2.85. The van der Waals surface area contributed by atoms with Crippen LogP contribution in [-0.4, -0.2) is 11.0 Å². The molecule has 0 aliphatic heterocycles. The molecular weight excluding hydrogens is 315 g/mol. The summed E-state index contributed by atoms with van der Waals surface area (Å²) < 4.78 is 20.0. The summed E-state index contributed by atoms with van der Waals surface area (Å²) in [5.41, 5.74) is 5.37. The third-order valence-electron chi connectivity index (χ3n) is 2.40. The molecule has 0 radical (unpaired) electrons. The van der Waals surface area contributed by atoms with Gasteiger partial charge >= 0.3 is 0 Å². The number of rotatable bonds is 3. The molecule has 4 nitrogen and oxygen atoms in total. The summed E-state index contributed by atoms with van der Waals surface area (Å²) in [7, 11) is 0. The number of hydrogen-bond donors (Lipinski definition) is 2. The lowest BCUT2D eigenvalue weighted by atomic mass is 10.1. The molecule has 0 atom stereocenters. The maximum absolute atomic E-state index is 13.7. The van der Waals surface area contributed by atoms with E-state index in [2.05, 4.69) is 21.1 Å². The predicted octanol–water partition coefficient (Wildman–Crippen LogP) is 3.48. The number of ether oxygens (including phenoxy) is 1. The van der Waals surface area contributed by atoms with Crippen LogP contribution < -0.4 is 10.5 Å². The van der Waals surface area contributed by atoms with Gasteiger partial charge in [0.15, 0.2) is 5.84 Å². The molecule has 0 aliphatic rings. The lowest BCUT2D eigenvalue weighted by molar-refractivity contribution is 0.318. The summed E-state index contributed by atoms with van der Waals surface area (Å²) >= 11 is 3.32. The molecule has 2 aromatic carbocycles. The van der Waals surface area contributed by atoms with Crippen molar-refractivity contribution >= 4 is 21.8 Å². The second-order valence-electron chi connectivity index (χ2n) is 3.63. The molecule has 2 rings (SSSR count). The first-order valence-electron chi connectivity index (χ1n) is 5.32. The highest BCUT2D eigenvalue weighted by Crippen LogP contribution is 2.32. The Morgan fingerprint density at radius 2 is 1.84 bits per heavy atom. The smallest absolute Gasteiger partial charge is 0.176 e. The van der Waals surface area contributed by atoms with Gasteiger partial charge in [-0.05, 0) is 40.2 Å². The second-order valence-corrected chi connectivity index (χ2v) is 4.49. The maximum atomic E-state index is 13.7. The number of nitrogens with two attached hydrogens (primary N) is 1. The van der Waals surface area contributed by atoms with Crippen molar-refractivity contribution in [3.63, 3.8) is 0 Å². The minimum absolute atomic E-state index is 0.0826. The van der Waals surface area contributed by atoms with Gasteiger partial charge < -0.3 is 15.7 Å². The van der Waals surface area contributed by atoms with E-state index in [1.807, 2.05) is 6.07 Å². The highest BCUT2D eigenvalue weighted by atomic mass is 79.9. The fraction of sp³-hybridized carbons (Fsp3) is 0. The quantitative estimate of drug-likeness (QED) is 0.393. The van der Waals surface area contributed by atoms with Crippen LogP contribution in [-0.2, 0) is 0 Å². The van der Waals surface area contributed by atoms with E-state index in [0.29, 0.717) is 10.2 Å². The largest absolute Gasteiger partial charge is 0.455 e. The Balaban J connectivity index is 2.47. The zero-order chi connectivity index (χ0) is 13.8. The fourth-order valence-electron chi connectivity index (χ4n) is 1.53. The van der Waals surface area contributed by atoms with Crippen LogP contribution in [0, 0.1) is 5.82 Å². The minimum Gasteiger partial charge on any atom is -0.455 e.